The maximum absolute atomic E-state index is 10.8. The van der Waals surface area contributed by atoms with E-state index in [-0.39, 0.29) is 11.3 Å². The Morgan fingerprint density at radius 1 is 1.20 bits per heavy atom. The minimum absolute atomic E-state index is 0.169. The summed E-state index contributed by atoms with van der Waals surface area (Å²) in [6, 6.07) is 5.65. The summed E-state index contributed by atoms with van der Waals surface area (Å²) < 4.78 is 10.6. The average molecular weight is 278 g/mol. The first-order valence-corrected chi connectivity index (χ1v) is 7.39. The van der Waals surface area contributed by atoms with Crippen molar-refractivity contribution in [1.82, 2.24) is 0 Å². The second-order valence-corrected chi connectivity index (χ2v) is 6.39. The number of hydrogen-bond acceptors (Lipinski definition) is 3. The smallest absolute Gasteiger partial charge is 0.128 e. The molecule has 0 aromatic heterocycles. The van der Waals surface area contributed by atoms with Crippen molar-refractivity contribution in [3.05, 3.63) is 23.8 Å². The van der Waals surface area contributed by atoms with Gasteiger partial charge in [-0.25, -0.2) is 0 Å². The lowest BCUT2D eigenvalue weighted by Gasteiger charge is -2.41. The van der Waals surface area contributed by atoms with Gasteiger partial charge in [0.25, 0.3) is 0 Å². The van der Waals surface area contributed by atoms with E-state index >= 15 is 0 Å². The van der Waals surface area contributed by atoms with E-state index in [1.54, 1.807) is 14.2 Å². The van der Waals surface area contributed by atoms with E-state index in [0.29, 0.717) is 5.75 Å². The molecular weight excluding hydrogens is 252 g/mol. The van der Waals surface area contributed by atoms with Crippen LogP contribution in [0.3, 0.4) is 0 Å². The third kappa shape index (κ3) is 2.93. The lowest BCUT2D eigenvalue weighted by atomic mass is 9.65. The molecule has 0 radical (unpaired) electrons. The summed E-state index contributed by atoms with van der Waals surface area (Å²) in [6.07, 6.45) is 4.22. The van der Waals surface area contributed by atoms with Crippen LogP contribution in [0.5, 0.6) is 11.5 Å². The molecule has 1 aliphatic rings. The normalized spacial score (nSPS) is 23.1. The molecule has 0 saturated heterocycles. The first kappa shape index (κ1) is 15.2. The Hall–Kier alpha value is -1.22. The fourth-order valence-electron chi connectivity index (χ4n) is 3.39. The van der Waals surface area contributed by atoms with Gasteiger partial charge in [0.15, 0.2) is 0 Å². The summed E-state index contributed by atoms with van der Waals surface area (Å²) in [4.78, 5) is 0. The van der Waals surface area contributed by atoms with Crippen LogP contribution >= 0.6 is 0 Å². The number of rotatable bonds is 4. The number of hydrogen-bond donors (Lipinski definition) is 1. The Bertz CT molecular complexity index is 454. The van der Waals surface area contributed by atoms with Crippen LogP contribution in [0.4, 0.5) is 0 Å². The number of aliphatic hydroxyl groups excluding tert-OH is 1. The summed E-state index contributed by atoms with van der Waals surface area (Å²) in [5.41, 5.74) is 1.04. The van der Waals surface area contributed by atoms with E-state index in [4.69, 9.17) is 9.47 Å². The number of aliphatic hydroxyl groups is 1. The van der Waals surface area contributed by atoms with Gasteiger partial charge in [0.2, 0.25) is 0 Å². The predicted octanol–water partition coefficient (Wildman–Crippen LogP) is 3.95. The SMILES string of the molecule is COc1ccc(C(O)C2CCCCC2(C)C)c(OC)c1. The van der Waals surface area contributed by atoms with Crippen LogP contribution in [-0.4, -0.2) is 19.3 Å². The molecule has 0 spiro atoms. The van der Waals surface area contributed by atoms with Gasteiger partial charge in [-0.2, -0.15) is 0 Å². The summed E-state index contributed by atoms with van der Waals surface area (Å²) in [7, 11) is 3.27. The molecule has 1 saturated carbocycles. The highest BCUT2D eigenvalue weighted by Gasteiger charge is 2.38. The van der Waals surface area contributed by atoms with E-state index in [1.165, 1.54) is 19.3 Å². The predicted molar refractivity (Wildman–Crippen MR) is 80.2 cm³/mol. The van der Waals surface area contributed by atoms with Crippen LogP contribution in [-0.2, 0) is 0 Å². The zero-order valence-electron chi connectivity index (χ0n) is 13.0. The molecule has 20 heavy (non-hydrogen) atoms. The van der Waals surface area contributed by atoms with E-state index in [9.17, 15) is 5.11 Å². The molecule has 112 valence electrons. The highest BCUT2D eigenvalue weighted by atomic mass is 16.5. The third-order valence-corrected chi connectivity index (χ3v) is 4.73. The largest absolute Gasteiger partial charge is 0.497 e. The Balaban J connectivity index is 2.30. The molecule has 2 unspecified atom stereocenters. The summed E-state index contributed by atoms with van der Waals surface area (Å²) >= 11 is 0. The first-order chi connectivity index (χ1) is 9.49. The molecule has 2 atom stereocenters. The van der Waals surface area contributed by atoms with E-state index in [0.717, 1.165) is 17.7 Å². The van der Waals surface area contributed by atoms with Gasteiger partial charge >= 0.3 is 0 Å². The maximum atomic E-state index is 10.8. The van der Waals surface area contributed by atoms with Crippen LogP contribution in [0, 0.1) is 11.3 Å². The molecule has 0 amide bonds. The van der Waals surface area contributed by atoms with Gasteiger partial charge in [0.1, 0.15) is 11.5 Å². The van der Waals surface area contributed by atoms with Crippen molar-refractivity contribution >= 4 is 0 Å². The molecule has 1 aliphatic carbocycles. The maximum Gasteiger partial charge on any atom is 0.128 e. The van der Waals surface area contributed by atoms with Crippen LogP contribution in [0.15, 0.2) is 18.2 Å². The zero-order valence-corrected chi connectivity index (χ0v) is 13.0. The van der Waals surface area contributed by atoms with Gasteiger partial charge in [0, 0.05) is 11.6 Å². The topological polar surface area (TPSA) is 38.7 Å². The molecule has 1 N–H and O–H groups in total. The number of methoxy groups -OCH3 is 2. The fraction of sp³-hybridized carbons (Fsp3) is 0.647. The molecule has 0 bridgehead atoms. The molecule has 0 heterocycles. The summed E-state index contributed by atoms with van der Waals surface area (Å²) in [5, 5.41) is 10.8. The minimum Gasteiger partial charge on any atom is -0.497 e. The monoisotopic (exact) mass is 278 g/mol. The van der Waals surface area contributed by atoms with Crippen LogP contribution in [0.25, 0.3) is 0 Å². The third-order valence-electron chi connectivity index (χ3n) is 4.73. The van der Waals surface area contributed by atoms with Crippen LogP contribution in [0.1, 0.15) is 51.2 Å². The van der Waals surface area contributed by atoms with Gasteiger partial charge in [-0.1, -0.05) is 26.7 Å². The Labute approximate surface area is 121 Å². The van der Waals surface area contributed by atoms with Crippen LogP contribution < -0.4 is 9.47 Å². The quantitative estimate of drug-likeness (QED) is 0.906. The van der Waals surface area contributed by atoms with E-state index in [2.05, 4.69) is 13.8 Å². The highest BCUT2D eigenvalue weighted by molar-refractivity contribution is 5.42. The number of benzene rings is 1. The second kappa shape index (κ2) is 6.04. The van der Waals surface area contributed by atoms with Crippen molar-refractivity contribution in [2.75, 3.05) is 14.2 Å². The molecule has 2 rings (SSSR count). The van der Waals surface area contributed by atoms with Gasteiger partial charge in [0.05, 0.1) is 20.3 Å². The van der Waals surface area contributed by atoms with Crippen molar-refractivity contribution in [2.24, 2.45) is 11.3 Å². The van der Waals surface area contributed by atoms with Gasteiger partial charge < -0.3 is 14.6 Å². The van der Waals surface area contributed by atoms with E-state index in [1.807, 2.05) is 18.2 Å². The summed E-state index contributed by atoms with van der Waals surface area (Å²) in [6.45, 7) is 4.52. The van der Waals surface area contributed by atoms with Crippen molar-refractivity contribution < 1.29 is 14.6 Å². The first-order valence-electron chi connectivity index (χ1n) is 7.39. The standard InChI is InChI=1S/C17H26O3/c1-17(2)10-6-5-7-14(17)16(18)13-9-8-12(19-3)11-15(13)20-4/h8-9,11,14,16,18H,5-7,10H2,1-4H3. The molecule has 0 aliphatic heterocycles. The Kier molecular flexibility index (Phi) is 4.59. The average Bonchev–Trinajstić information content (AvgIpc) is 2.45. The minimum atomic E-state index is -0.480. The Morgan fingerprint density at radius 2 is 1.95 bits per heavy atom. The zero-order chi connectivity index (χ0) is 14.8. The fourth-order valence-corrected chi connectivity index (χ4v) is 3.39. The van der Waals surface area contributed by atoms with Crippen molar-refractivity contribution in [2.45, 2.75) is 45.6 Å². The van der Waals surface area contributed by atoms with Crippen molar-refractivity contribution in [3.63, 3.8) is 0 Å². The van der Waals surface area contributed by atoms with E-state index < -0.39 is 6.10 Å². The molecule has 3 nitrogen and oxygen atoms in total. The second-order valence-electron chi connectivity index (χ2n) is 6.39. The van der Waals surface area contributed by atoms with Crippen molar-refractivity contribution in [3.8, 4) is 11.5 Å². The highest BCUT2D eigenvalue weighted by Crippen LogP contribution is 2.48. The van der Waals surface area contributed by atoms with Gasteiger partial charge in [-0.05, 0) is 36.3 Å². The lowest BCUT2D eigenvalue weighted by Crippen LogP contribution is -2.32. The van der Waals surface area contributed by atoms with Gasteiger partial charge in [-0.3, -0.25) is 0 Å². The Morgan fingerprint density at radius 3 is 2.55 bits per heavy atom. The van der Waals surface area contributed by atoms with Crippen LogP contribution in [0.2, 0.25) is 0 Å². The molecule has 3 heteroatoms. The van der Waals surface area contributed by atoms with Gasteiger partial charge in [-0.15, -0.1) is 0 Å². The molecule has 1 fully saturated rings. The summed E-state index contributed by atoms with van der Waals surface area (Å²) in [5.74, 6) is 1.73. The number of ether oxygens (including phenoxy) is 2. The lowest BCUT2D eigenvalue weighted by molar-refractivity contribution is 0.00266. The molecule has 1 aromatic rings. The molecule has 1 aromatic carbocycles. The van der Waals surface area contributed by atoms with Crippen molar-refractivity contribution in [1.29, 1.82) is 0 Å². The molecular formula is C17H26O3.